The van der Waals surface area contributed by atoms with Crippen molar-refractivity contribution >= 4 is 5.69 Å². The quantitative estimate of drug-likeness (QED) is 0.166. The lowest BCUT2D eigenvalue weighted by Crippen LogP contribution is -2.15. The highest BCUT2D eigenvalue weighted by atomic mass is 16.6. The van der Waals surface area contributed by atoms with Crippen LogP contribution in [0.5, 0.6) is 46.3 Å². The second-order valence-corrected chi connectivity index (χ2v) is 12.3. The minimum atomic E-state index is -0.476. The number of ether oxygens (including phenoxy) is 6. The van der Waals surface area contributed by atoms with Gasteiger partial charge in [-0.05, 0) is 83.3 Å². The van der Waals surface area contributed by atoms with Crippen molar-refractivity contribution in [3.05, 3.63) is 127 Å². The molecule has 1 atom stereocenters. The number of aromatic nitrogens is 2. The minimum absolute atomic E-state index is 0.476. The number of hydrogen-bond acceptors (Lipinski definition) is 10. The van der Waals surface area contributed by atoms with Crippen LogP contribution in [-0.2, 0) is 0 Å². The highest BCUT2D eigenvalue weighted by molar-refractivity contribution is 5.67. The summed E-state index contributed by atoms with van der Waals surface area (Å²) in [6.45, 7) is 3.97. The van der Waals surface area contributed by atoms with Gasteiger partial charge in [0.25, 0.3) is 0 Å². The number of anilines is 1. The SMILES string of the molecule is CC(O)c1ccc(-c2ccnc(Oc3ccc4c(c3)OCCO4)c2)cc1.CN(C)c1ccc(-c2ccnc(Oc3ccc4c(c3)OCCO4)c2)cc1. The van der Waals surface area contributed by atoms with Crippen molar-refractivity contribution in [1.82, 2.24) is 9.97 Å². The standard InChI is InChI=1S/C21H20N2O3.C21H19NO4/c1-23(2)17-5-3-15(4-6-17)16-9-10-22-21(13-16)26-18-7-8-19-20(14-18)25-12-11-24-19;1-14(23)15-2-4-16(5-3-15)17-8-9-22-21(12-17)26-18-6-7-19-20(13-18)25-11-10-24-19/h3-10,13-14H,11-12H2,1-2H3;2-9,12-14,23H,10-11H2,1H3. The zero-order chi connectivity index (χ0) is 35.9. The molecule has 0 amide bonds. The number of hydrogen-bond donors (Lipinski definition) is 1. The van der Waals surface area contributed by atoms with Crippen LogP contribution in [0, 0.1) is 0 Å². The van der Waals surface area contributed by atoms with Gasteiger partial charge in [0, 0.05) is 56.4 Å². The van der Waals surface area contributed by atoms with Crippen LogP contribution in [-0.4, -0.2) is 55.6 Å². The molecule has 0 spiro atoms. The van der Waals surface area contributed by atoms with Crippen LogP contribution in [0.3, 0.4) is 0 Å². The van der Waals surface area contributed by atoms with Gasteiger partial charge < -0.3 is 38.4 Å². The van der Waals surface area contributed by atoms with E-state index in [1.807, 2.05) is 93.0 Å². The van der Waals surface area contributed by atoms with E-state index in [0.29, 0.717) is 61.2 Å². The first-order valence-corrected chi connectivity index (χ1v) is 17.0. The van der Waals surface area contributed by atoms with E-state index in [1.54, 1.807) is 25.4 Å². The Balaban J connectivity index is 0.000000162. The molecule has 0 aliphatic carbocycles. The van der Waals surface area contributed by atoms with Gasteiger partial charge >= 0.3 is 0 Å². The molecule has 0 saturated carbocycles. The average molecular weight is 698 g/mol. The molecule has 10 nitrogen and oxygen atoms in total. The summed E-state index contributed by atoms with van der Waals surface area (Å²) in [5, 5.41) is 9.63. The van der Waals surface area contributed by atoms with Gasteiger partial charge in [-0.25, -0.2) is 9.97 Å². The molecule has 0 fully saturated rings. The van der Waals surface area contributed by atoms with Crippen LogP contribution in [0.4, 0.5) is 5.69 Å². The zero-order valence-corrected chi connectivity index (χ0v) is 29.2. The maximum absolute atomic E-state index is 9.63. The molecule has 2 aliphatic heterocycles. The van der Waals surface area contributed by atoms with Crippen LogP contribution in [0.25, 0.3) is 22.3 Å². The molecule has 0 saturated heterocycles. The Morgan fingerprint density at radius 1 is 0.538 bits per heavy atom. The van der Waals surface area contributed by atoms with Gasteiger partial charge in [-0.15, -0.1) is 0 Å². The van der Waals surface area contributed by atoms with Crippen molar-refractivity contribution in [3.63, 3.8) is 0 Å². The van der Waals surface area contributed by atoms with Crippen molar-refractivity contribution in [2.75, 3.05) is 45.4 Å². The summed E-state index contributed by atoms with van der Waals surface area (Å²) >= 11 is 0. The number of pyridine rings is 2. The molecular weight excluding hydrogens is 658 g/mol. The first kappa shape index (κ1) is 34.2. The van der Waals surface area contributed by atoms with Gasteiger partial charge in [0.2, 0.25) is 11.8 Å². The lowest BCUT2D eigenvalue weighted by Gasteiger charge is -2.18. The van der Waals surface area contributed by atoms with Gasteiger partial charge in [-0.1, -0.05) is 36.4 Å². The average Bonchev–Trinajstić information content (AvgIpc) is 3.18. The van der Waals surface area contributed by atoms with E-state index in [2.05, 4.69) is 39.1 Å². The molecule has 6 aromatic rings. The van der Waals surface area contributed by atoms with Gasteiger partial charge in [-0.3, -0.25) is 0 Å². The largest absolute Gasteiger partial charge is 0.486 e. The summed E-state index contributed by atoms with van der Waals surface area (Å²) in [6, 6.07) is 34.9. The molecule has 0 radical (unpaired) electrons. The molecule has 10 heteroatoms. The first-order chi connectivity index (χ1) is 25.4. The molecule has 1 unspecified atom stereocenters. The van der Waals surface area contributed by atoms with Crippen molar-refractivity contribution in [3.8, 4) is 68.5 Å². The van der Waals surface area contributed by atoms with Crippen LogP contribution in [0.1, 0.15) is 18.6 Å². The smallest absolute Gasteiger partial charge is 0.219 e. The van der Waals surface area contributed by atoms with Gasteiger partial charge in [0.05, 0.1) is 6.10 Å². The summed E-state index contributed by atoms with van der Waals surface area (Å²) in [5.41, 5.74) is 6.24. The Labute approximate surface area is 302 Å². The normalized spacial score (nSPS) is 13.2. The third-order valence-corrected chi connectivity index (χ3v) is 8.39. The number of benzene rings is 4. The lowest BCUT2D eigenvalue weighted by molar-refractivity contribution is 0.171. The fourth-order valence-corrected chi connectivity index (χ4v) is 5.61. The van der Waals surface area contributed by atoms with E-state index in [0.717, 1.165) is 45.0 Å². The van der Waals surface area contributed by atoms with Crippen LogP contribution >= 0.6 is 0 Å². The van der Waals surface area contributed by atoms with Crippen LogP contribution < -0.4 is 33.3 Å². The molecule has 1 N–H and O–H groups in total. The molecule has 8 rings (SSSR count). The summed E-state index contributed by atoms with van der Waals surface area (Å²) in [5.74, 6) is 5.19. The minimum Gasteiger partial charge on any atom is -0.486 e. The summed E-state index contributed by atoms with van der Waals surface area (Å²) in [4.78, 5) is 10.7. The number of aliphatic hydroxyl groups excluding tert-OH is 1. The van der Waals surface area contributed by atoms with Crippen LogP contribution in [0.2, 0.25) is 0 Å². The third-order valence-electron chi connectivity index (χ3n) is 8.39. The maximum atomic E-state index is 9.63. The molecule has 2 aliphatic rings. The Bertz CT molecular complexity index is 1970. The molecule has 4 aromatic carbocycles. The topological polar surface area (TPSA) is 105 Å². The summed E-state index contributed by atoms with van der Waals surface area (Å²) < 4.78 is 34.0. The highest BCUT2D eigenvalue weighted by Crippen LogP contribution is 2.37. The molecular formula is C42H39N3O7. The fraction of sp³-hybridized carbons (Fsp3) is 0.190. The zero-order valence-electron chi connectivity index (χ0n) is 29.2. The second kappa shape index (κ2) is 15.7. The summed E-state index contributed by atoms with van der Waals surface area (Å²) in [7, 11) is 4.06. The van der Waals surface area contributed by atoms with Gasteiger partial charge in [-0.2, -0.15) is 0 Å². The number of aliphatic hydroxyl groups is 1. The third kappa shape index (κ3) is 8.36. The number of rotatable bonds is 8. The Kier molecular flexibility index (Phi) is 10.4. The van der Waals surface area contributed by atoms with Crippen molar-refractivity contribution in [1.29, 1.82) is 0 Å². The van der Waals surface area contributed by atoms with E-state index in [9.17, 15) is 5.11 Å². The molecule has 0 bridgehead atoms. The Morgan fingerprint density at radius 2 is 0.981 bits per heavy atom. The van der Waals surface area contributed by atoms with Gasteiger partial charge in [0.15, 0.2) is 23.0 Å². The molecule has 2 aromatic heterocycles. The van der Waals surface area contributed by atoms with Crippen molar-refractivity contribution in [2.45, 2.75) is 13.0 Å². The first-order valence-electron chi connectivity index (χ1n) is 17.0. The van der Waals surface area contributed by atoms with E-state index in [-0.39, 0.29) is 0 Å². The Hall–Kier alpha value is -6.26. The van der Waals surface area contributed by atoms with E-state index >= 15 is 0 Å². The molecule has 264 valence electrons. The van der Waals surface area contributed by atoms with Crippen LogP contribution in [0.15, 0.2) is 122 Å². The fourth-order valence-electron chi connectivity index (χ4n) is 5.61. The Morgan fingerprint density at radius 3 is 1.42 bits per heavy atom. The van der Waals surface area contributed by atoms with E-state index < -0.39 is 6.10 Å². The van der Waals surface area contributed by atoms with E-state index in [4.69, 9.17) is 28.4 Å². The van der Waals surface area contributed by atoms with Crippen molar-refractivity contribution < 1.29 is 33.5 Å². The number of nitrogens with zero attached hydrogens (tertiary/aromatic N) is 3. The predicted octanol–water partition coefficient (Wildman–Crippen LogP) is 8.74. The maximum Gasteiger partial charge on any atom is 0.219 e. The predicted molar refractivity (Wildman–Crippen MR) is 199 cm³/mol. The molecule has 4 heterocycles. The lowest BCUT2D eigenvalue weighted by atomic mass is 10.0. The highest BCUT2D eigenvalue weighted by Gasteiger charge is 2.15. The summed E-state index contributed by atoms with van der Waals surface area (Å²) in [6.07, 6.45) is 2.99. The van der Waals surface area contributed by atoms with Crippen molar-refractivity contribution in [2.24, 2.45) is 0 Å². The second-order valence-electron chi connectivity index (χ2n) is 12.3. The van der Waals surface area contributed by atoms with Gasteiger partial charge in [0.1, 0.15) is 37.9 Å². The van der Waals surface area contributed by atoms with E-state index in [1.165, 1.54) is 0 Å². The number of fused-ring (bicyclic) bond motifs is 2. The molecule has 52 heavy (non-hydrogen) atoms. The monoisotopic (exact) mass is 697 g/mol.